The molecule has 5 rings (SSSR count). The fourth-order valence-electron chi connectivity index (χ4n) is 4.15. The summed E-state index contributed by atoms with van der Waals surface area (Å²) < 4.78 is 7.66. The van der Waals surface area contributed by atoms with Gasteiger partial charge in [0.05, 0.1) is 31.1 Å². The maximum atomic E-state index is 10.1. The molecule has 8 nitrogen and oxygen atoms in total. The van der Waals surface area contributed by atoms with Crippen molar-refractivity contribution in [3.05, 3.63) is 42.7 Å². The van der Waals surface area contributed by atoms with E-state index in [0.717, 1.165) is 37.2 Å². The van der Waals surface area contributed by atoms with Gasteiger partial charge in [0.1, 0.15) is 5.75 Å². The van der Waals surface area contributed by atoms with Crippen LogP contribution in [-0.2, 0) is 4.74 Å². The number of nitrogens with one attached hydrogen (secondary N) is 1. The molecule has 144 valence electrons. The summed E-state index contributed by atoms with van der Waals surface area (Å²) in [6.07, 6.45) is 5.82. The molecular weight excluding hydrogens is 356 g/mol. The summed E-state index contributed by atoms with van der Waals surface area (Å²) in [6.45, 7) is 1.51. The minimum absolute atomic E-state index is 0.159. The van der Waals surface area contributed by atoms with Crippen molar-refractivity contribution >= 4 is 5.82 Å². The normalized spacial score (nSPS) is 24.2. The molecule has 8 heteroatoms. The van der Waals surface area contributed by atoms with Crippen LogP contribution in [0.3, 0.4) is 0 Å². The number of nitrogens with two attached hydrogens (primary N) is 1. The maximum absolute atomic E-state index is 10.1. The number of morpholine rings is 1. The number of ether oxygens (including phenoxy) is 1. The number of phenolic OH excluding ortho intramolecular Hbond substituents is 1. The van der Waals surface area contributed by atoms with E-state index in [2.05, 4.69) is 20.6 Å². The van der Waals surface area contributed by atoms with Gasteiger partial charge in [0.15, 0.2) is 5.82 Å². The Morgan fingerprint density at radius 3 is 2.68 bits per heavy atom. The van der Waals surface area contributed by atoms with Gasteiger partial charge in [-0.3, -0.25) is 4.68 Å². The molecule has 3 aromatic rings. The molecule has 0 saturated carbocycles. The largest absolute Gasteiger partial charge is 0.507 e. The third-order valence-electron chi connectivity index (χ3n) is 5.51. The van der Waals surface area contributed by atoms with Crippen molar-refractivity contribution in [2.75, 3.05) is 18.9 Å². The number of para-hydroxylation sites is 1. The SMILES string of the molecule is Nc1nnc(-c2ccccc2O)cc1-c1cnn(C2CC3COCC(C2)N3)c1. The molecule has 2 atom stereocenters. The minimum Gasteiger partial charge on any atom is -0.507 e. The molecule has 2 aliphatic heterocycles. The lowest BCUT2D eigenvalue weighted by molar-refractivity contribution is 0.00855. The number of hydrogen-bond acceptors (Lipinski definition) is 7. The molecular formula is C20H22N6O2. The number of piperidine rings is 1. The van der Waals surface area contributed by atoms with Crippen LogP contribution >= 0.6 is 0 Å². The third kappa shape index (κ3) is 3.10. The quantitative estimate of drug-likeness (QED) is 0.639. The fraction of sp³-hybridized carbons (Fsp3) is 0.350. The number of hydrogen-bond donors (Lipinski definition) is 3. The van der Waals surface area contributed by atoms with E-state index >= 15 is 0 Å². The number of aromatic hydroxyl groups is 1. The first-order valence-corrected chi connectivity index (χ1v) is 9.47. The number of nitrogens with zero attached hydrogens (tertiary/aromatic N) is 4. The first-order valence-electron chi connectivity index (χ1n) is 9.47. The lowest BCUT2D eigenvalue weighted by Crippen LogP contribution is -2.54. The summed E-state index contributed by atoms with van der Waals surface area (Å²) in [7, 11) is 0. The van der Waals surface area contributed by atoms with E-state index in [1.54, 1.807) is 18.2 Å². The van der Waals surface area contributed by atoms with Crippen molar-refractivity contribution in [1.29, 1.82) is 0 Å². The highest BCUT2D eigenvalue weighted by atomic mass is 16.5. The zero-order valence-electron chi connectivity index (χ0n) is 15.3. The Labute approximate surface area is 162 Å². The highest BCUT2D eigenvalue weighted by Gasteiger charge is 2.33. The van der Waals surface area contributed by atoms with Gasteiger partial charge in [0, 0.05) is 35.0 Å². The van der Waals surface area contributed by atoms with Crippen molar-refractivity contribution in [2.24, 2.45) is 0 Å². The van der Waals surface area contributed by atoms with Gasteiger partial charge in [-0.1, -0.05) is 12.1 Å². The Hall–Kier alpha value is -2.97. The summed E-state index contributed by atoms with van der Waals surface area (Å²) >= 11 is 0. The van der Waals surface area contributed by atoms with Gasteiger partial charge in [-0.15, -0.1) is 10.2 Å². The number of fused-ring (bicyclic) bond motifs is 2. The third-order valence-corrected chi connectivity index (χ3v) is 5.51. The Morgan fingerprint density at radius 1 is 1.11 bits per heavy atom. The van der Waals surface area contributed by atoms with Crippen LogP contribution in [0.25, 0.3) is 22.4 Å². The lowest BCUT2D eigenvalue weighted by Gasteiger charge is -2.40. The zero-order chi connectivity index (χ0) is 19.1. The molecule has 4 N–H and O–H groups in total. The van der Waals surface area contributed by atoms with Crippen LogP contribution in [0.5, 0.6) is 5.75 Å². The van der Waals surface area contributed by atoms with E-state index in [1.165, 1.54) is 0 Å². The smallest absolute Gasteiger partial charge is 0.154 e. The fourth-order valence-corrected chi connectivity index (χ4v) is 4.15. The van der Waals surface area contributed by atoms with E-state index in [9.17, 15) is 5.11 Å². The van der Waals surface area contributed by atoms with Crippen LogP contribution in [0, 0.1) is 0 Å². The summed E-state index contributed by atoms with van der Waals surface area (Å²) in [6, 6.07) is 10.0. The van der Waals surface area contributed by atoms with Crippen LogP contribution in [0.1, 0.15) is 18.9 Å². The highest BCUT2D eigenvalue weighted by Crippen LogP contribution is 2.33. The predicted molar refractivity (Wildman–Crippen MR) is 105 cm³/mol. The van der Waals surface area contributed by atoms with Crippen LogP contribution in [0.2, 0.25) is 0 Å². The number of phenols is 1. The van der Waals surface area contributed by atoms with Crippen LogP contribution < -0.4 is 11.1 Å². The standard InChI is InChI=1S/C20H22N6O2/c21-20-17(7-18(24-25-20)16-3-1-2-4-19(16)27)12-8-22-26(9-12)15-5-13-10-28-11-14(6-15)23-13/h1-4,7-9,13-15,23,27H,5-6,10-11H2,(H2,21,25). The van der Waals surface area contributed by atoms with E-state index in [0.29, 0.717) is 35.2 Å². The topological polar surface area (TPSA) is 111 Å². The molecule has 0 radical (unpaired) electrons. The van der Waals surface area contributed by atoms with E-state index in [4.69, 9.17) is 10.5 Å². The van der Waals surface area contributed by atoms with Gasteiger partial charge in [-0.2, -0.15) is 5.10 Å². The molecule has 2 aliphatic rings. The average Bonchev–Trinajstić information content (AvgIpc) is 3.19. The van der Waals surface area contributed by atoms with Gasteiger partial charge < -0.3 is 20.9 Å². The zero-order valence-corrected chi connectivity index (χ0v) is 15.3. The van der Waals surface area contributed by atoms with E-state index in [1.807, 2.05) is 29.2 Å². The van der Waals surface area contributed by atoms with Crippen molar-refractivity contribution < 1.29 is 9.84 Å². The molecule has 28 heavy (non-hydrogen) atoms. The van der Waals surface area contributed by atoms with E-state index < -0.39 is 0 Å². The number of anilines is 1. The van der Waals surface area contributed by atoms with Gasteiger partial charge in [0.25, 0.3) is 0 Å². The molecule has 2 unspecified atom stereocenters. The van der Waals surface area contributed by atoms with Crippen LogP contribution in [0.15, 0.2) is 42.7 Å². The second-order valence-electron chi connectivity index (χ2n) is 7.48. The van der Waals surface area contributed by atoms with Gasteiger partial charge in [-0.05, 0) is 31.0 Å². The first-order chi connectivity index (χ1) is 13.7. The van der Waals surface area contributed by atoms with Crippen molar-refractivity contribution in [3.63, 3.8) is 0 Å². The monoisotopic (exact) mass is 378 g/mol. The van der Waals surface area contributed by atoms with Gasteiger partial charge in [0.2, 0.25) is 0 Å². The second kappa shape index (κ2) is 6.88. The molecule has 0 aliphatic carbocycles. The van der Waals surface area contributed by atoms with Gasteiger partial charge >= 0.3 is 0 Å². The Morgan fingerprint density at radius 2 is 1.89 bits per heavy atom. The molecule has 1 aromatic carbocycles. The first kappa shape index (κ1) is 17.2. The van der Waals surface area contributed by atoms with Crippen molar-refractivity contribution in [1.82, 2.24) is 25.3 Å². The Balaban J connectivity index is 1.46. The lowest BCUT2D eigenvalue weighted by atomic mass is 9.93. The number of benzene rings is 1. The molecule has 0 spiro atoms. The molecule has 2 aromatic heterocycles. The number of aromatic nitrogens is 4. The van der Waals surface area contributed by atoms with E-state index in [-0.39, 0.29) is 5.75 Å². The minimum atomic E-state index is 0.159. The molecule has 2 saturated heterocycles. The maximum Gasteiger partial charge on any atom is 0.154 e. The Kier molecular flexibility index (Phi) is 4.22. The summed E-state index contributed by atoms with van der Waals surface area (Å²) in [5, 5.41) is 26.6. The molecule has 2 bridgehead atoms. The highest BCUT2D eigenvalue weighted by molar-refractivity contribution is 5.78. The van der Waals surface area contributed by atoms with Crippen LogP contribution in [0.4, 0.5) is 5.82 Å². The molecule has 4 heterocycles. The average molecular weight is 378 g/mol. The summed E-state index contributed by atoms with van der Waals surface area (Å²) in [5.41, 5.74) is 8.95. The second-order valence-corrected chi connectivity index (χ2v) is 7.48. The Bertz CT molecular complexity index is 992. The molecule has 0 amide bonds. The van der Waals surface area contributed by atoms with Crippen LogP contribution in [-0.4, -0.2) is 50.4 Å². The molecule has 2 fully saturated rings. The number of rotatable bonds is 3. The summed E-state index contributed by atoms with van der Waals surface area (Å²) in [4.78, 5) is 0. The van der Waals surface area contributed by atoms with Crippen molar-refractivity contribution in [3.8, 4) is 28.1 Å². The predicted octanol–water partition coefficient (Wildman–Crippen LogP) is 1.99. The number of nitrogen functional groups attached to an aromatic ring is 1. The summed E-state index contributed by atoms with van der Waals surface area (Å²) in [5.74, 6) is 0.501. The van der Waals surface area contributed by atoms with Crippen molar-refractivity contribution in [2.45, 2.75) is 31.0 Å². The van der Waals surface area contributed by atoms with Gasteiger partial charge in [-0.25, -0.2) is 0 Å².